The van der Waals surface area contributed by atoms with Gasteiger partial charge in [0.25, 0.3) is 0 Å². The van der Waals surface area contributed by atoms with Crippen molar-refractivity contribution in [3.05, 3.63) is 72.4 Å². The first-order valence-electron chi connectivity index (χ1n) is 7.80. The molecule has 0 saturated heterocycles. The Morgan fingerprint density at radius 3 is 2.58 bits per heavy atom. The van der Waals surface area contributed by atoms with Gasteiger partial charge in [-0.25, -0.2) is 0 Å². The quantitative estimate of drug-likeness (QED) is 0.554. The van der Waals surface area contributed by atoms with Crippen LogP contribution in [0.25, 0.3) is 22.2 Å². The van der Waals surface area contributed by atoms with E-state index in [1.165, 1.54) is 0 Å². The van der Waals surface area contributed by atoms with Crippen molar-refractivity contribution in [3.8, 4) is 11.3 Å². The number of hydrogen-bond acceptors (Lipinski definition) is 5. The van der Waals surface area contributed by atoms with E-state index in [2.05, 4.69) is 27.2 Å². The van der Waals surface area contributed by atoms with Gasteiger partial charge in [0.2, 0.25) is 0 Å². The third kappa shape index (κ3) is 3.07. The predicted octanol–water partition coefficient (Wildman–Crippen LogP) is 4.11. The average molecular weight is 319 g/mol. The van der Waals surface area contributed by atoms with E-state index in [1.807, 2.05) is 43.4 Å². The summed E-state index contributed by atoms with van der Waals surface area (Å²) >= 11 is 0. The lowest BCUT2D eigenvalue weighted by atomic mass is 10.2. The Kier molecular flexibility index (Phi) is 3.84. The van der Waals surface area contributed by atoms with Gasteiger partial charge >= 0.3 is 0 Å². The molecule has 5 heteroatoms. The third-order valence-corrected chi connectivity index (χ3v) is 3.86. The zero-order valence-corrected chi connectivity index (χ0v) is 13.3. The Morgan fingerprint density at radius 1 is 0.958 bits per heavy atom. The third-order valence-electron chi connectivity index (χ3n) is 3.86. The normalized spacial score (nSPS) is 11.4. The molecule has 4 rings (SSSR count). The van der Waals surface area contributed by atoms with E-state index in [1.54, 1.807) is 12.4 Å². The Labute approximate surface area is 139 Å². The van der Waals surface area contributed by atoms with Crippen molar-refractivity contribution in [1.82, 2.24) is 15.0 Å². The Bertz CT molecular complexity index is 910. The fourth-order valence-electron chi connectivity index (χ4n) is 2.75. The Morgan fingerprint density at radius 2 is 1.75 bits per heavy atom. The highest BCUT2D eigenvalue weighted by Gasteiger charge is 2.11. The molecule has 0 fully saturated rings. The van der Waals surface area contributed by atoms with Gasteiger partial charge in [-0.2, -0.15) is 0 Å². The molecule has 4 aromatic rings. The highest BCUT2D eigenvalue weighted by Crippen LogP contribution is 2.21. The van der Waals surface area contributed by atoms with Crippen LogP contribution in [0.5, 0.6) is 0 Å². The highest BCUT2D eigenvalue weighted by molar-refractivity contribution is 5.77. The lowest BCUT2D eigenvalue weighted by molar-refractivity contribution is 0.251. The zero-order valence-electron chi connectivity index (χ0n) is 13.3. The minimum Gasteiger partial charge on any atom is -0.460 e. The van der Waals surface area contributed by atoms with Gasteiger partial charge in [-0.05, 0) is 31.3 Å². The zero-order chi connectivity index (χ0) is 16.4. The van der Waals surface area contributed by atoms with Crippen molar-refractivity contribution in [1.29, 1.82) is 0 Å². The minimum atomic E-state index is 0.662. The summed E-state index contributed by atoms with van der Waals surface area (Å²) < 4.78 is 11.3. The first-order chi connectivity index (χ1) is 11.8. The van der Waals surface area contributed by atoms with Crippen LogP contribution in [0.4, 0.5) is 0 Å². The summed E-state index contributed by atoms with van der Waals surface area (Å²) in [6, 6.07) is 15.9. The molecule has 3 heterocycles. The Hall–Kier alpha value is -2.92. The molecule has 0 radical (unpaired) electrons. The second kappa shape index (κ2) is 6.29. The first-order valence-corrected chi connectivity index (χ1v) is 7.80. The number of para-hydroxylation sites is 1. The monoisotopic (exact) mass is 319 g/mol. The van der Waals surface area contributed by atoms with E-state index in [9.17, 15) is 0 Å². The van der Waals surface area contributed by atoms with Crippen molar-refractivity contribution in [2.75, 3.05) is 7.05 Å². The van der Waals surface area contributed by atoms with Crippen molar-refractivity contribution in [2.45, 2.75) is 13.1 Å². The van der Waals surface area contributed by atoms with E-state index in [0.29, 0.717) is 13.1 Å². The van der Waals surface area contributed by atoms with Crippen molar-refractivity contribution >= 4 is 11.0 Å². The van der Waals surface area contributed by atoms with Gasteiger partial charge in [-0.15, -0.1) is 0 Å². The SMILES string of the molecule is CN(Cc1cc(-c2ccncc2)no1)Cc1cc2ccccc2o1. The molecule has 3 aromatic heterocycles. The van der Waals surface area contributed by atoms with E-state index in [4.69, 9.17) is 8.94 Å². The molecule has 0 N–H and O–H groups in total. The molecule has 1 aromatic carbocycles. The average Bonchev–Trinajstić information content (AvgIpc) is 3.21. The van der Waals surface area contributed by atoms with Gasteiger partial charge in [0, 0.05) is 29.4 Å². The van der Waals surface area contributed by atoms with Crippen molar-refractivity contribution < 1.29 is 8.94 Å². The van der Waals surface area contributed by atoms with Crippen LogP contribution in [-0.4, -0.2) is 22.1 Å². The topological polar surface area (TPSA) is 55.3 Å². The molecular formula is C19H17N3O2. The maximum atomic E-state index is 5.86. The highest BCUT2D eigenvalue weighted by atomic mass is 16.5. The number of benzene rings is 1. The fraction of sp³-hybridized carbons (Fsp3) is 0.158. The molecule has 0 aliphatic heterocycles. The molecule has 0 aliphatic carbocycles. The lowest BCUT2D eigenvalue weighted by Crippen LogP contribution is -2.16. The second-order valence-electron chi connectivity index (χ2n) is 5.84. The maximum absolute atomic E-state index is 5.86. The molecule has 0 bridgehead atoms. The van der Waals surface area contributed by atoms with Gasteiger partial charge in [-0.1, -0.05) is 23.4 Å². The molecule has 0 saturated carbocycles. The van der Waals surface area contributed by atoms with Crippen molar-refractivity contribution in [2.24, 2.45) is 0 Å². The van der Waals surface area contributed by atoms with E-state index in [-0.39, 0.29) is 0 Å². The van der Waals surface area contributed by atoms with Crippen LogP contribution in [0.15, 0.2) is 69.9 Å². The molecule has 0 aliphatic rings. The molecule has 5 nitrogen and oxygen atoms in total. The van der Waals surface area contributed by atoms with E-state index >= 15 is 0 Å². The summed E-state index contributed by atoms with van der Waals surface area (Å²) in [6.07, 6.45) is 3.49. The van der Waals surface area contributed by atoms with Crippen molar-refractivity contribution in [3.63, 3.8) is 0 Å². The molecule has 0 amide bonds. The first kappa shape index (κ1) is 14.7. The predicted molar refractivity (Wildman–Crippen MR) is 91.1 cm³/mol. The van der Waals surface area contributed by atoms with Crippen LogP contribution in [0.3, 0.4) is 0 Å². The number of fused-ring (bicyclic) bond motifs is 1. The van der Waals surface area contributed by atoms with Gasteiger partial charge in [0.1, 0.15) is 17.0 Å². The number of rotatable bonds is 5. The summed E-state index contributed by atoms with van der Waals surface area (Å²) in [5.41, 5.74) is 2.74. The molecule has 0 unspecified atom stereocenters. The smallest absolute Gasteiger partial charge is 0.151 e. The summed E-state index contributed by atoms with van der Waals surface area (Å²) in [5, 5.41) is 5.25. The van der Waals surface area contributed by atoms with Gasteiger partial charge in [-0.3, -0.25) is 9.88 Å². The largest absolute Gasteiger partial charge is 0.460 e. The van der Waals surface area contributed by atoms with E-state index < -0.39 is 0 Å². The van der Waals surface area contributed by atoms with Crippen LogP contribution in [0.1, 0.15) is 11.5 Å². The van der Waals surface area contributed by atoms with Gasteiger partial charge in [0.15, 0.2) is 5.76 Å². The fourth-order valence-corrected chi connectivity index (χ4v) is 2.75. The molecule has 120 valence electrons. The summed E-state index contributed by atoms with van der Waals surface area (Å²) in [4.78, 5) is 6.15. The molecule has 0 spiro atoms. The number of aromatic nitrogens is 2. The maximum Gasteiger partial charge on any atom is 0.151 e. The van der Waals surface area contributed by atoms with Crippen LogP contribution in [0, 0.1) is 0 Å². The van der Waals surface area contributed by atoms with Crippen LogP contribution < -0.4 is 0 Å². The van der Waals surface area contributed by atoms with E-state index in [0.717, 1.165) is 33.7 Å². The summed E-state index contributed by atoms with van der Waals surface area (Å²) in [5.74, 6) is 1.76. The minimum absolute atomic E-state index is 0.662. The number of nitrogens with zero attached hydrogens (tertiary/aromatic N) is 3. The van der Waals surface area contributed by atoms with Gasteiger partial charge in [0.05, 0.1) is 13.1 Å². The van der Waals surface area contributed by atoms with Crippen LogP contribution in [0.2, 0.25) is 0 Å². The standard InChI is InChI=1S/C19H17N3O2/c1-22(12-16-10-15-4-2-3-5-19(15)23-16)13-17-11-18(21-24-17)14-6-8-20-9-7-14/h2-11H,12-13H2,1H3. The van der Waals surface area contributed by atoms with Crippen LogP contribution in [-0.2, 0) is 13.1 Å². The van der Waals surface area contributed by atoms with Crippen LogP contribution >= 0.6 is 0 Å². The Balaban J connectivity index is 1.44. The lowest BCUT2D eigenvalue weighted by Gasteiger charge is -2.12. The molecular weight excluding hydrogens is 302 g/mol. The number of furan rings is 1. The summed E-state index contributed by atoms with van der Waals surface area (Å²) in [6.45, 7) is 1.37. The number of pyridine rings is 1. The second-order valence-corrected chi connectivity index (χ2v) is 5.84. The summed E-state index contributed by atoms with van der Waals surface area (Å²) in [7, 11) is 2.03. The number of hydrogen-bond donors (Lipinski definition) is 0. The molecule has 24 heavy (non-hydrogen) atoms. The van der Waals surface area contributed by atoms with Gasteiger partial charge < -0.3 is 8.94 Å². The molecule has 0 atom stereocenters.